The van der Waals surface area contributed by atoms with Gasteiger partial charge in [-0.1, -0.05) is 38.1 Å². The molecule has 118 valence electrons. The molecule has 0 aliphatic heterocycles. The summed E-state index contributed by atoms with van der Waals surface area (Å²) in [5.41, 5.74) is 3.89. The van der Waals surface area contributed by atoms with Crippen molar-refractivity contribution in [3.8, 4) is 5.75 Å². The van der Waals surface area contributed by atoms with Gasteiger partial charge in [-0.2, -0.15) is 0 Å². The fraction of sp³-hybridized carbons (Fsp3) is 0.263. The van der Waals surface area contributed by atoms with Crippen molar-refractivity contribution < 1.29 is 9.53 Å². The molecule has 2 aromatic carbocycles. The van der Waals surface area contributed by atoms with Crippen LogP contribution in [-0.2, 0) is 11.2 Å². The Morgan fingerprint density at radius 1 is 1.22 bits per heavy atom. The highest BCUT2D eigenvalue weighted by atomic mass is 16.5. The third kappa shape index (κ3) is 3.42. The number of hydrogen-bond donors (Lipinski definition) is 1. The number of hydrogen-bond acceptors (Lipinski definition) is 3. The SMILES string of the molecule is Cc1ccc(C(C)C)c(OC(=O)Cc2nc3ccccc3[nH]2)c1. The van der Waals surface area contributed by atoms with Crippen LogP contribution in [0.25, 0.3) is 11.0 Å². The van der Waals surface area contributed by atoms with Gasteiger partial charge in [-0.15, -0.1) is 0 Å². The van der Waals surface area contributed by atoms with E-state index in [9.17, 15) is 4.79 Å². The molecule has 23 heavy (non-hydrogen) atoms. The summed E-state index contributed by atoms with van der Waals surface area (Å²) in [7, 11) is 0. The number of carbonyl (C=O) groups is 1. The van der Waals surface area contributed by atoms with E-state index in [1.165, 1.54) is 0 Å². The molecular weight excluding hydrogens is 288 g/mol. The Morgan fingerprint density at radius 3 is 2.74 bits per heavy atom. The molecule has 0 aliphatic rings. The van der Waals surface area contributed by atoms with Gasteiger partial charge in [0.15, 0.2) is 0 Å². The standard InChI is InChI=1S/C19H20N2O2/c1-12(2)14-9-8-13(3)10-17(14)23-19(22)11-18-20-15-6-4-5-7-16(15)21-18/h4-10,12H,11H2,1-3H3,(H,20,21). The molecule has 4 heteroatoms. The highest BCUT2D eigenvalue weighted by molar-refractivity contribution is 5.78. The molecule has 1 aromatic heterocycles. The van der Waals surface area contributed by atoms with Crippen molar-refractivity contribution in [3.63, 3.8) is 0 Å². The fourth-order valence-corrected chi connectivity index (χ4v) is 2.59. The van der Waals surface area contributed by atoms with Crippen molar-refractivity contribution in [2.45, 2.75) is 33.1 Å². The number of aryl methyl sites for hydroxylation is 1. The van der Waals surface area contributed by atoms with E-state index in [0.717, 1.165) is 22.2 Å². The molecule has 0 aliphatic carbocycles. The second-order valence-electron chi connectivity index (χ2n) is 6.05. The van der Waals surface area contributed by atoms with Gasteiger partial charge in [0.25, 0.3) is 0 Å². The molecule has 1 N–H and O–H groups in total. The lowest BCUT2D eigenvalue weighted by Crippen LogP contribution is -2.13. The average molecular weight is 308 g/mol. The average Bonchev–Trinajstić information content (AvgIpc) is 2.88. The number of nitrogens with one attached hydrogen (secondary N) is 1. The van der Waals surface area contributed by atoms with Gasteiger partial charge in [-0.3, -0.25) is 4.79 Å². The van der Waals surface area contributed by atoms with Crippen LogP contribution in [0.15, 0.2) is 42.5 Å². The number of benzene rings is 2. The number of esters is 1. The van der Waals surface area contributed by atoms with Crippen LogP contribution in [0.1, 0.15) is 36.7 Å². The van der Waals surface area contributed by atoms with E-state index in [1.807, 2.05) is 49.4 Å². The number of aromatic amines is 1. The van der Waals surface area contributed by atoms with Crippen molar-refractivity contribution in [3.05, 3.63) is 59.4 Å². The molecule has 0 radical (unpaired) electrons. The van der Waals surface area contributed by atoms with Gasteiger partial charge < -0.3 is 9.72 Å². The van der Waals surface area contributed by atoms with Crippen molar-refractivity contribution >= 4 is 17.0 Å². The van der Waals surface area contributed by atoms with Gasteiger partial charge in [0.1, 0.15) is 18.0 Å². The zero-order chi connectivity index (χ0) is 16.4. The van der Waals surface area contributed by atoms with E-state index in [4.69, 9.17) is 4.74 Å². The number of carbonyl (C=O) groups excluding carboxylic acids is 1. The number of para-hydroxylation sites is 2. The summed E-state index contributed by atoms with van der Waals surface area (Å²) in [6.07, 6.45) is 0.125. The van der Waals surface area contributed by atoms with E-state index >= 15 is 0 Å². The van der Waals surface area contributed by atoms with Gasteiger partial charge in [-0.05, 0) is 42.2 Å². The second kappa shape index (κ2) is 6.24. The number of fused-ring (bicyclic) bond motifs is 1. The largest absolute Gasteiger partial charge is 0.426 e. The number of imidazole rings is 1. The summed E-state index contributed by atoms with van der Waals surface area (Å²) in [5.74, 6) is 1.25. The van der Waals surface area contributed by atoms with E-state index in [0.29, 0.717) is 17.5 Å². The first-order chi connectivity index (χ1) is 11.0. The Labute approximate surface area is 135 Å². The molecule has 0 amide bonds. The topological polar surface area (TPSA) is 55.0 Å². The maximum atomic E-state index is 12.3. The first-order valence-electron chi connectivity index (χ1n) is 7.78. The number of aromatic nitrogens is 2. The normalized spacial score (nSPS) is 11.1. The first-order valence-corrected chi connectivity index (χ1v) is 7.78. The van der Waals surface area contributed by atoms with Crippen LogP contribution >= 0.6 is 0 Å². The molecule has 0 unspecified atom stereocenters. The summed E-state index contributed by atoms with van der Waals surface area (Å²) in [4.78, 5) is 19.8. The van der Waals surface area contributed by atoms with Crippen molar-refractivity contribution in [2.75, 3.05) is 0 Å². The van der Waals surface area contributed by atoms with Gasteiger partial charge in [0.05, 0.1) is 11.0 Å². The van der Waals surface area contributed by atoms with Crippen molar-refractivity contribution in [2.24, 2.45) is 0 Å². The zero-order valence-corrected chi connectivity index (χ0v) is 13.6. The summed E-state index contributed by atoms with van der Waals surface area (Å²) < 4.78 is 5.59. The molecule has 0 spiro atoms. The van der Waals surface area contributed by atoms with Gasteiger partial charge >= 0.3 is 5.97 Å². The minimum absolute atomic E-state index is 0.125. The molecule has 1 heterocycles. The third-order valence-corrected chi connectivity index (χ3v) is 3.77. The second-order valence-corrected chi connectivity index (χ2v) is 6.05. The monoisotopic (exact) mass is 308 g/mol. The van der Waals surface area contributed by atoms with E-state index in [-0.39, 0.29) is 12.4 Å². The quantitative estimate of drug-likeness (QED) is 0.582. The minimum atomic E-state index is -0.309. The van der Waals surface area contributed by atoms with Crippen molar-refractivity contribution in [1.82, 2.24) is 9.97 Å². The third-order valence-electron chi connectivity index (χ3n) is 3.77. The Balaban J connectivity index is 1.78. The van der Waals surface area contributed by atoms with Crippen LogP contribution < -0.4 is 4.74 Å². The number of ether oxygens (including phenoxy) is 1. The van der Waals surface area contributed by atoms with Crippen LogP contribution in [-0.4, -0.2) is 15.9 Å². The summed E-state index contributed by atoms with van der Waals surface area (Å²) in [5, 5.41) is 0. The van der Waals surface area contributed by atoms with Crippen LogP contribution in [0, 0.1) is 6.92 Å². The smallest absolute Gasteiger partial charge is 0.318 e. The fourth-order valence-electron chi connectivity index (χ4n) is 2.59. The highest BCUT2D eigenvalue weighted by Gasteiger charge is 2.14. The van der Waals surface area contributed by atoms with Crippen LogP contribution in [0.5, 0.6) is 5.75 Å². The lowest BCUT2D eigenvalue weighted by Gasteiger charge is -2.13. The van der Waals surface area contributed by atoms with Crippen LogP contribution in [0.3, 0.4) is 0 Å². The molecule has 0 saturated heterocycles. The predicted molar refractivity (Wildman–Crippen MR) is 90.7 cm³/mol. The van der Waals surface area contributed by atoms with Gasteiger partial charge in [0, 0.05) is 0 Å². The zero-order valence-electron chi connectivity index (χ0n) is 13.6. The molecule has 0 saturated carbocycles. The number of H-pyrrole nitrogens is 1. The molecular formula is C19H20N2O2. The molecule has 0 bridgehead atoms. The molecule has 4 nitrogen and oxygen atoms in total. The predicted octanol–water partition coefficient (Wildman–Crippen LogP) is 4.14. The van der Waals surface area contributed by atoms with Gasteiger partial charge in [0.2, 0.25) is 0 Å². The Hall–Kier alpha value is -2.62. The molecule has 0 atom stereocenters. The maximum Gasteiger partial charge on any atom is 0.318 e. The van der Waals surface area contributed by atoms with Gasteiger partial charge in [-0.25, -0.2) is 4.98 Å². The summed E-state index contributed by atoms with van der Waals surface area (Å²) in [6.45, 7) is 6.16. The summed E-state index contributed by atoms with van der Waals surface area (Å²) >= 11 is 0. The minimum Gasteiger partial charge on any atom is -0.426 e. The number of rotatable bonds is 4. The lowest BCUT2D eigenvalue weighted by atomic mass is 10.0. The van der Waals surface area contributed by atoms with Crippen molar-refractivity contribution in [1.29, 1.82) is 0 Å². The molecule has 3 aromatic rings. The lowest BCUT2D eigenvalue weighted by molar-refractivity contribution is -0.133. The van der Waals surface area contributed by atoms with Crippen LogP contribution in [0.4, 0.5) is 0 Å². The molecule has 0 fully saturated rings. The highest BCUT2D eigenvalue weighted by Crippen LogP contribution is 2.27. The van der Waals surface area contributed by atoms with Crippen LogP contribution in [0.2, 0.25) is 0 Å². The first kappa shape index (κ1) is 15.3. The number of nitrogens with zero attached hydrogens (tertiary/aromatic N) is 1. The summed E-state index contributed by atoms with van der Waals surface area (Å²) in [6, 6.07) is 13.7. The Morgan fingerprint density at radius 2 is 2.00 bits per heavy atom. The Bertz CT molecular complexity index is 816. The van der Waals surface area contributed by atoms with E-state index < -0.39 is 0 Å². The Kier molecular flexibility index (Phi) is 4.15. The van der Waals surface area contributed by atoms with E-state index in [2.05, 4.69) is 23.8 Å². The maximum absolute atomic E-state index is 12.3. The van der Waals surface area contributed by atoms with E-state index in [1.54, 1.807) is 0 Å². The molecule has 3 rings (SSSR count).